The van der Waals surface area contributed by atoms with Gasteiger partial charge in [-0.3, -0.25) is 14.6 Å². The largest absolute Gasteiger partial charge is 0.339 e. The van der Waals surface area contributed by atoms with E-state index in [2.05, 4.69) is 10.3 Å². The lowest BCUT2D eigenvalue weighted by molar-refractivity contribution is 0.0633. The monoisotopic (exact) mass is 366 g/mol. The second-order valence-corrected chi connectivity index (χ2v) is 6.56. The van der Waals surface area contributed by atoms with Crippen molar-refractivity contribution in [2.45, 2.75) is 19.9 Å². The molecule has 2 amide bonds. The topological polar surface area (TPSA) is 65.5 Å². The van der Waals surface area contributed by atoms with Crippen LogP contribution in [-0.2, 0) is 0 Å². The number of nitrogens with zero attached hydrogens (tertiary/aromatic N) is 3. The zero-order valence-electron chi connectivity index (χ0n) is 15.9. The Morgan fingerprint density at radius 3 is 2.48 bits per heavy atom. The van der Waals surface area contributed by atoms with Crippen LogP contribution in [0.5, 0.6) is 0 Å². The highest BCUT2D eigenvalue weighted by Crippen LogP contribution is 2.23. The van der Waals surface area contributed by atoms with Crippen LogP contribution >= 0.6 is 0 Å². The van der Waals surface area contributed by atoms with Crippen LogP contribution in [0.15, 0.2) is 48.8 Å². The second-order valence-electron chi connectivity index (χ2n) is 6.56. The van der Waals surface area contributed by atoms with Gasteiger partial charge in [0.25, 0.3) is 11.8 Å². The Balaban J connectivity index is 1.79. The zero-order valence-corrected chi connectivity index (χ0v) is 15.9. The highest BCUT2D eigenvalue weighted by molar-refractivity contribution is 5.98. The molecule has 0 radical (unpaired) electrons. The molecule has 3 rings (SSSR count). The minimum Gasteiger partial charge on any atom is -0.339 e. The molecule has 1 aromatic heterocycles. The number of carbonyl (C=O) groups excluding carboxylic acids is 2. The average Bonchev–Trinajstić information content (AvgIpc) is 2.75. The summed E-state index contributed by atoms with van der Waals surface area (Å²) in [5.41, 5.74) is 2.23. The summed E-state index contributed by atoms with van der Waals surface area (Å²) in [4.78, 5) is 33.4. The molecule has 1 aliphatic heterocycles. The van der Waals surface area contributed by atoms with E-state index in [0.717, 1.165) is 12.1 Å². The van der Waals surface area contributed by atoms with Crippen molar-refractivity contribution < 1.29 is 9.59 Å². The zero-order chi connectivity index (χ0) is 19.2. The fraction of sp³-hybridized carbons (Fsp3) is 0.381. The number of aromatic nitrogens is 1. The van der Waals surface area contributed by atoms with E-state index in [4.69, 9.17) is 0 Å². The number of hydrogen-bond donors (Lipinski definition) is 1. The van der Waals surface area contributed by atoms with Crippen molar-refractivity contribution in [2.75, 3.05) is 32.7 Å². The molecule has 1 fully saturated rings. The molecule has 1 saturated heterocycles. The molecule has 1 N–H and O–H groups in total. The maximum atomic E-state index is 13.1. The summed E-state index contributed by atoms with van der Waals surface area (Å²) in [6.07, 6.45) is 3.54. The third-order valence-electron chi connectivity index (χ3n) is 5.00. The van der Waals surface area contributed by atoms with Crippen LogP contribution in [0.1, 0.15) is 46.2 Å². The van der Waals surface area contributed by atoms with Gasteiger partial charge in [-0.2, -0.15) is 0 Å². The smallest absolute Gasteiger partial charge is 0.254 e. The normalized spacial score (nSPS) is 16.8. The van der Waals surface area contributed by atoms with Crippen molar-refractivity contribution >= 4 is 11.8 Å². The van der Waals surface area contributed by atoms with Crippen molar-refractivity contribution in [3.63, 3.8) is 0 Å². The van der Waals surface area contributed by atoms with Crippen LogP contribution in [0.4, 0.5) is 0 Å². The summed E-state index contributed by atoms with van der Waals surface area (Å²) >= 11 is 0. The van der Waals surface area contributed by atoms with Crippen LogP contribution in [0.2, 0.25) is 0 Å². The third-order valence-corrected chi connectivity index (χ3v) is 5.00. The van der Waals surface area contributed by atoms with Gasteiger partial charge in [-0.25, -0.2) is 0 Å². The molecule has 6 nitrogen and oxygen atoms in total. The quantitative estimate of drug-likeness (QED) is 0.882. The summed E-state index contributed by atoms with van der Waals surface area (Å²) in [5, 5.41) is 3.35. The molecule has 1 aliphatic rings. The van der Waals surface area contributed by atoms with Crippen LogP contribution in [0.25, 0.3) is 0 Å². The third kappa shape index (κ3) is 4.17. The molecule has 142 valence electrons. The van der Waals surface area contributed by atoms with Gasteiger partial charge >= 0.3 is 0 Å². The Morgan fingerprint density at radius 2 is 1.85 bits per heavy atom. The van der Waals surface area contributed by atoms with Gasteiger partial charge in [0.15, 0.2) is 0 Å². The van der Waals surface area contributed by atoms with Crippen molar-refractivity contribution in [2.24, 2.45) is 0 Å². The van der Waals surface area contributed by atoms with Crippen LogP contribution < -0.4 is 5.32 Å². The lowest BCUT2D eigenvalue weighted by Gasteiger charge is -2.36. The number of rotatable bonds is 5. The molecular weight excluding hydrogens is 340 g/mol. The molecule has 1 unspecified atom stereocenters. The fourth-order valence-corrected chi connectivity index (χ4v) is 3.43. The Labute approximate surface area is 160 Å². The van der Waals surface area contributed by atoms with Gasteiger partial charge in [-0.15, -0.1) is 0 Å². The predicted octanol–water partition coefficient (Wildman–Crippen LogP) is 2.35. The van der Waals surface area contributed by atoms with E-state index < -0.39 is 0 Å². The molecule has 6 heteroatoms. The van der Waals surface area contributed by atoms with Gasteiger partial charge in [-0.05, 0) is 49.7 Å². The molecule has 2 aromatic rings. The molecule has 2 heterocycles. The van der Waals surface area contributed by atoms with Crippen LogP contribution in [0, 0.1) is 0 Å². The van der Waals surface area contributed by atoms with Crippen LogP contribution in [-0.4, -0.2) is 59.3 Å². The van der Waals surface area contributed by atoms with Gasteiger partial charge in [0.2, 0.25) is 0 Å². The lowest BCUT2D eigenvalue weighted by Crippen LogP contribution is -2.48. The lowest BCUT2D eigenvalue weighted by atomic mass is 10.0. The number of amides is 2. The average molecular weight is 366 g/mol. The molecule has 0 bridgehead atoms. The molecule has 1 aromatic carbocycles. The summed E-state index contributed by atoms with van der Waals surface area (Å²) in [6, 6.07) is 10.8. The number of pyridine rings is 1. The first kappa shape index (κ1) is 19.0. The molecule has 0 spiro atoms. The first-order valence-corrected chi connectivity index (χ1v) is 9.46. The Hall–Kier alpha value is -2.73. The van der Waals surface area contributed by atoms with Crippen molar-refractivity contribution in [1.82, 2.24) is 20.1 Å². The van der Waals surface area contributed by atoms with Gasteiger partial charge in [0.05, 0.1) is 6.04 Å². The van der Waals surface area contributed by atoms with E-state index in [1.807, 2.05) is 37.1 Å². The predicted molar refractivity (Wildman–Crippen MR) is 105 cm³/mol. The first-order chi connectivity index (χ1) is 13.2. The van der Waals surface area contributed by atoms with Gasteiger partial charge in [0.1, 0.15) is 0 Å². The molecule has 27 heavy (non-hydrogen) atoms. The van der Waals surface area contributed by atoms with E-state index in [1.54, 1.807) is 35.4 Å². The number of hydrogen-bond acceptors (Lipinski definition) is 4. The number of piperazine rings is 1. The maximum Gasteiger partial charge on any atom is 0.254 e. The maximum absolute atomic E-state index is 13.1. The number of carbonyl (C=O) groups is 2. The molecule has 1 atom stereocenters. The van der Waals surface area contributed by atoms with Gasteiger partial charge < -0.3 is 15.1 Å². The minimum atomic E-state index is -0.0445. The molecule has 0 aliphatic carbocycles. The van der Waals surface area contributed by atoms with Crippen LogP contribution in [0.3, 0.4) is 0 Å². The van der Waals surface area contributed by atoms with Gasteiger partial charge in [0, 0.05) is 56.2 Å². The Kier molecular flexibility index (Phi) is 6.19. The van der Waals surface area contributed by atoms with E-state index in [1.165, 1.54) is 0 Å². The number of benzene rings is 1. The van der Waals surface area contributed by atoms with E-state index in [9.17, 15) is 9.59 Å². The second kappa shape index (κ2) is 8.77. The molecular formula is C21H26N4O2. The number of nitrogens with one attached hydrogen (secondary N) is 1. The highest BCUT2D eigenvalue weighted by atomic mass is 16.2. The summed E-state index contributed by atoms with van der Waals surface area (Å²) < 4.78 is 0. The summed E-state index contributed by atoms with van der Waals surface area (Å²) in [5.74, 6) is -0.0263. The Morgan fingerprint density at radius 1 is 1.15 bits per heavy atom. The van der Waals surface area contributed by atoms with E-state index in [-0.39, 0.29) is 17.9 Å². The standard InChI is InChI=1S/C21H26N4O2/c1-3-24(4-2)20(26)16-7-9-17(10-8-16)21(27)25-13-12-23-15-19(25)18-6-5-11-22-14-18/h5-11,14,19,23H,3-4,12-13,15H2,1-2H3. The van der Waals surface area contributed by atoms with E-state index in [0.29, 0.717) is 37.3 Å². The Bertz CT molecular complexity index is 773. The summed E-state index contributed by atoms with van der Waals surface area (Å²) in [7, 11) is 0. The fourth-order valence-electron chi connectivity index (χ4n) is 3.43. The van der Waals surface area contributed by atoms with Crippen molar-refractivity contribution in [3.05, 3.63) is 65.5 Å². The minimum absolute atomic E-state index is 0.00518. The van der Waals surface area contributed by atoms with Crippen molar-refractivity contribution in [3.8, 4) is 0 Å². The summed E-state index contributed by atoms with van der Waals surface area (Å²) in [6.45, 7) is 7.37. The SMILES string of the molecule is CCN(CC)C(=O)c1ccc(C(=O)N2CCNCC2c2cccnc2)cc1. The van der Waals surface area contributed by atoms with Crippen molar-refractivity contribution in [1.29, 1.82) is 0 Å². The first-order valence-electron chi connectivity index (χ1n) is 9.46. The highest BCUT2D eigenvalue weighted by Gasteiger charge is 2.28. The molecule has 0 saturated carbocycles. The van der Waals surface area contributed by atoms with Gasteiger partial charge in [-0.1, -0.05) is 6.07 Å². The van der Waals surface area contributed by atoms with E-state index >= 15 is 0 Å².